The standard InChI is InChI=1S/C9H17NS2/c11-12-10-7-3-5-8-4-1-2-6-9(8)10/h8-9,11H,1-7H2. The first-order valence-electron chi connectivity index (χ1n) is 5.00. The fourth-order valence-corrected chi connectivity index (χ4v) is 3.90. The molecule has 1 heterocycles. The quantitative estimate of drug-likeness (QED) is 0.396. The molecule has 70 valence electrons. The van der Waals surface area contributed by atoms with Crippen LogP contribution in [0.3, 0.4) is 0 Å². The molecule has 0 N–H and O–H groups in total. The monoisotopic (exact) mass is 203 g/mol. The minimum Gasteiger partial charge on any atom is -0.238 e. The molecule has 1 aliphatic carbocycles. The number of thiol groups is 1. The van der Waals surface area contributed by atoms with E-state index in [0.29, 0.717) is 0 Å². The number of hydrogen-bond donors (Lipinski definition) is 1. The van der Waals surface area contributed by atoms with E-state index in [9.17, 15) is 0 Å². The van der Waals surface area contributed by atoms with Gasteiger partial charge in [-0.3, -0.25) is 0 Å². The molecule has 2 aliphatic rings. The maximum Gasteiger partial charge on any atom is 0.0238 e. The van der Waals surface area contributed by atoms with E-state index in [4.69, 9.17) is 0 Å². The number of nitrogens with zero attached hydrogens (tertiary/aromatic N) is 1. The number of rotatable bonds is 1. The van der Waals surface area contributed by atoms with Gasteiger partial charge < -0.3 is 0 Å². The Kier molecular flexibility index (Phi) is 3.27. The molecule has 1 aliphatic heterocycles. The van der Waals surface area contributed by atoms with E-state index < -0.39 is 0 Å². The van der Waals surface area contributed by atoms with Crippen molar-refractivity contribution in [1.29, 1.82) is 0 Å². The van der Waals surface area contributed by atoms with Gasteiger partial charge in [0.05, 0.1) is 0 Å². The third-order valence-corrected chi connectivity index (χ3v) is 4.59. The van der Waals surface area contributed by atoms with Gasteiger partial charge in [0, 0.05) is 12.6 Å². The highest BCUT2D eigenvalue weighted by atomic mass is 33.1. The largest absolute Gasteiger partial charge is 0.238 e. The molecule has 0 aromatic rings. The predicted molar refractivity (Wildman–Crippen MR) is 58.3 cm³/mol. The van der Waals surface area contributed by atoms with Gasteiger partial charge >= 0.3 is 0 Å². The van der Waals surface area contributed by atoms with Crippen LogP contribution in [0.5, 0.6) is 0 Å². The van der Waals surface area contributed by atoms with Crippen LogP contribution in [0.25, 0.3) is 0 Å². The summed E-state index contributed by atoms with van der Waals surface area (Å²) < 4.78 is 2.50. The highest BCUT2D eigenvalue weighted by Crippen LogP contribution is 2.38. The summed E-state index contributed by atoms with van der Waals surface area (Å²) in [4.78, 5) is 0. The van der Waals surface area contributed by atoms with Crippen molar-refractivity contribution in [2.24, 2.45) is 5.92 Å². The lowest BCUT2D eigenvalue weighted by Gasteiger charge is -2.42. The van der Waals surface area contributed by atoms with E-state index >= 15 is 0 Å². The fraction of sp³-hybridized carbons (Fsp3) is 1.00. The lowest BCUT2D eigenvalue weighted by Crippen LogP contribution is -2.42. The average molecular weight is 203 g/mol. The molecule has 0 spiro atoms. The van der Waals surface area contributed by atoms with Gasteiger partial charge in [-0.05, 0) is 42.6 Å². The number of fused-ring (bicyclic) bond motifs is 1. The molecule has 1 saturated carbocycles. The Morgan fingerprint density at radius 2 is 1.83 bits per heavy atom. The van der Waals surface area contributed by atoms with Crippen molar-refractivity contribution in [2.75, 3.05) is 6.54 Å². The molecular weight excluding hydrogens is 186 g/mol. The van der Waals surface area contributed by atoms with E-state index in [1.165, 1.54) is 45.1 Å². The van der Waals surface area contributed by atoms with Crippen LogP contribution in [0.2, 0.25) is 0 Å². The first-order chi connectivity index (χ1) is 5.92. The van der Waals surface area contributed by atoms with Crippen LogP contribution in [0.15, 0.2) is 0 Å². The normalized spacial score (nSPS) is 37.8. The lowest BCUT2D eigenvalue weighted by molar-refractivity contribution is 0.140. The van der Waals surface area contributed by atoms with Gasteiger partial charge in [-0.2, -0.15) is 0 Å². The van der Waals surface area contributed by atoms with Crippen LogP contribution in [0, 0.1) is 5.92 Å². The molecule has 12 heavy (non-hydrogen) atoms. The van der Waals surface area contributed by atoms with Gasteiger partial charge in [-0.15, -0.1) is 0 Å². The second-order valence-electron chi connectivity index (χ2n) is 3.98. The van der Waals surface area contributed by atoms with E-state index in [1.807, 2.05) is 0 Å². The Hall–Kier alpha value is 0.660. The maximum absolute atomic E-state index is 4.32. The van der Waals surface area contributed by atoms with Gasteiger partial charge in [-0.1, -0.05) is 24.5 Å². The summed E-state index contributed by atoms with van der Waals surface area (Å²) >= 11 is 4.32. The Bertz CT molecular complexity index is 143. The Morgan fingerprint density at radius 1 is 1.08 bits per heavy atom. The van der Waals surface area contributed by atoms with E-state index in [-0.39, 0.29) is 0 Å². The highest BCUT2D eigenvalue weighted by Gasteiger charge is 2.32. The van der Waals surface area contributed by atoms with Gasteiger partial charge in [0.25, 0.3) is 0 Å². The molecule has 1 nitrogen and oxygen atoms in total. The lowest BCUT2D eigenvalue weighted by atomic mass is 9.79. The molecule has 2 fully saturated rings. The minimum absolute atomic E-state index is 0.856. The molecule has 2 unspecified atom stereocenters. The molecule has 0 aromatic carbocycles. The Labute approximate surface area is 84.2 Å². The molecule has 0 aromatic heterocycles. The molecule has 3 heteroatoms. The summed E-state index contributed by atoms with van der Waals surface area (Å²) in [6.45, 7) is 1.26. The summed E-state index contributed by atoms with van der Waals surface area (Å²) in [6, 6.07) is 0.856. The third-order valence-electron chi connectivity index (χ3n) is 3.30. The SMILES string of the molecule is SSN1CCCC2CCCCC21. The maximum atomic E-state index is 4.32. The Balaban J connectivity index is 1.99. The highest BCUT2D eigenvalue weighted by molar-refractivity contribution is 8.67. The minimum atomic E-state index is 0.856. The van der Waals surface area contributed by atoms with Gasteiger partial charge in [0.2, 0.25) is 0 Å². The van der Waals surface area contributed by atoms with Crippen molar-refractivity contribution < 1.29 is 0 Å². The van der Waals surface area contributed by atoms with Crippen LogP contribution >= 0.6 is 22.6 Å². The van der Waals surface area contributed by atoms with Crippen LogP contribution in [0.4, 0.5) is 0 Å². The van der Waals surface area contributed by atoms with Crippen molar-refractivity contribution in [3.63, 3.8) is 0 Å². The molecule has 1 saturated heterocycles. The fourth-order valence-electron chi connectivity index (χ4n) is 2.68. The van der Waals surface area contributed by atoms with Crippen LogP contribution < -0.4 is 0 Å². The average Bonchev–Trinajstić information content (AvgIpc) is 2.17. The first-order valence-corrected chi connectivity index (χ1v) is 6.82. The summed E-state index contributed by atoms with van der Waals surface area (Å²) in [7, 11) is 1.66. The number of piperidine rings is 1. The van der Waals surface area contributed by atoms with Crippen molar-refractivity contribution in [2.45, 2.75) is 44.6 Å². The van der Waals surface area contributed by atoms with Crippen molar-refractivity contribution in [1.82, 2.24) is 4.31 Å². The smallest absolute Gasteiger partial charge is 0.0238 e. The number of hydrogen-bond acceptors (Lipinski definition) is 3. The van der Waals surface area contributed by atoms with Gasteiger partial charge in [-0.25, -0.2) is 4.31 Å². The molecule has 0 radical (unpaired) electrons. The van der Waals surface area contributed by atoms with Crippen molar-refractivity contribution in [3.8, 4) is 0 Å². The molecule has 0 bridgehead atoms. The zero-order valence-corrected chi connectivity index (χ0v) is 9.12. The van der Waals surface area contributed by atoms with Gasteiger partial charge in [0.1, 0.15) is 0 Å². The van der Waals surface area contributed by atoms with E-state index in [1.54, 1.807) is 11.0 Å². The van der Waals surface area contributed by atoms with Crippen molar-refractivity contribution in [3.05, 3.63) is 0 Å². The van der Waals surface area contributed by atoms with E-state index in [2.05, 4.69) is 16.0 Å². The molecule has 0 amide bonds. The summed E-state index contributed by atoms with van der Waals surface area (Å²) in [5.41, 5.74) is 0. The summed E-state index contributed by atoms with van der Waals surface area (Å²) in [5.74, 6) is 0.993. The van der Waals surface area contributed by atoms with Crippen molar-refractivity contribution >= 4 is 22.6 Å². The zero-order chi connectivity index (χ0) is 8.39. The molecule has 2 rings (SSSR count). The van der Waals surface area contributed by atoms with Crippen LogP contribution in [0.1, 0.15) is 38.5 Å². The second kappa shape index (κ2) is 4.25. The predicted octanol–water partition coefficient (Wildman–Crippen LogP) is 3.13. The second-order valence-corrected chi connectivity index (χ2v) is 5.10. The molecular formula is C9H17NS2. The summed E-state index contributed by atoms with van der Waals surface area (Å²) in [5, 5.41) is 0. The van der Waals surface area contributed by atoms with Crippen LogP contribution in [-0.4, -0.2) is 16.9 Å². The topological polar surface area (TPSA) is 3.24 Å². The summed E-state index contributed by atoms with van der Waals surface area (Å²) in [6.07, 6.45) is 8.64. The molecule has 2 atom stereocenters. The zero-order valence-electron chi connectivity index (χ0n) is 7.41. The first kappa shape index (κ1) is 9.22. The Morgan fingerprint density at radius 3 is 2.67 bits per heavy atom. The van der Waals surface area contributed by atoms with Crippen LogP contribution in [-0.2, 0) is 0 Å². The third kappa shape index (κ3) is 1.78. The van der Waals surface area contributed by atoms with Gasteiger partial charge in [0.15, 0.2) is 0 Å². The van der Waals surface area contributed by atoms with E-state index in [0.717, 1.165) is 12.0 Å².